The fourth-order valence-corrected chi connectivity index (χ4v) is 1.25. The van der Waals surface area contributed by atoms with Crippen molar-refractivity contribution >= 4 is 0 Å². The molecule has 0 heterocycles. The van der Waals surface area contributed by atoms with E-state index < -0.39 is 0 Å². The summed E-state index contributed by atoms with van der Waals surface area (Å²) in [7, 11) is 0. The molecule has 0 saturated carbocycles. The number of hydrogen-bond acceptors (Lipinski definition) is 3. The highest BCUT2D eigenvalue weighted by molar-refractivity contribution is 5.32. The quantitative estimate of drug-likeness (QED) is 0.728. The maximum absolute atomic E-state index is 5.59. The molecule has 0 spiro atoms. The molecule has 0 aliphatic rings. The second-order valence-electron chi connectivity index (χ2n) is 3.58. The Morgan fingerprint density at radius 3 is 2.60 bits per heavy atom. The number of ether oxygens (including phenoxy) is 2. The molecule has 0 radical (unpaired) electrons. The summed E-state index contributed by atoms with van der Waals surface area (Å²) in [6.07, 6.45) is 0.248. The van der Waals surface area contributed by atoms with Gasteiger partial charge in [0.05, 0.1) is 12.7 Å². The third-order valence-corrected chi connectivity index (χ3v) is 1.98. The lowest BCUT2D eigenvalue weighted by Crippen LogP contribution is -2.12. The van der Waals surface area contributed by atoms with Crippen LogP contribution in [0.25, 0.3) is 0 Å². The highest BCUT2D eigenvalue weighted by Crippen LogP contribution is 2.16. The van der Waals surface area contributed by atoms with E-state index in [1.807, 2.05) is 38.1 Å². The summed E-state index contributed by atoms with van der Waals surface area (Å²) in [5.41, 5.74) is 6.62. The predicted molar refractivity (Wildman–Crippen MR) is 60.9 cm³/mol. The van der Waals surface area contributed by atoms with Crippen LogP contribution in [0.1, 0.15) is 19.4 Å². The van der Waals surface area contributed by atoms with Gasteiger partial charge in [0.2, 0.25) is 0 Å². The molecule has 2 N–H and O–H groups in total. The summed E-state index contributed by atoms with van der Waals surface area (Å²) >= 11 is 0. The van der Waals surface area contributed by atoms with Gasteiger partial charge in [0.15, 0.2) is 0 Å². The van der Waals surface area contributed by atoms with Crippen LogP contribution in [0.3, 0.4) is 0 Å². The fraction of sp³-hybridized carbons (Fsp3) is 0.500. The first-order valence-corrected chi connectivity index (χ1v) is 5.26. The zero-order chi connectivity index (χ0) is 11.1. The van der Waals surface area contributed by atoms with Crippen LogP contribution in [0, 0.1) is 0 Å². The van der Waals surface area contributed by atoms with Crippen molar-refractivity contribution in [1.82, 2.24) is 0 Å². The minimum Gasteiger partial charge on any atom is -0.491 e. The van der Waals surface area contributed by atoms with Crippen LogP contribution in [-0.4, -0.2) is 19.3 Å². The van der Waals surface area contributed by atoms with Crippen molar-refractivity contribution < 1.29 is 9.47 Å². The number of rotatable bonds is 6. The van der Waals surface area contributed by atoms with E-state index in [1.165, 1.54) is 0 Å². The Kier molecular flexibility index (Phi) is 5.15. The second kappa shape index (κ2) is 6.43. The van der Waals surface area contributed by atoms with Gasteiger partial charge in [-0.15, -0.1) is 0 Å². The first kappa shape index (κ1) is 12.0. The van der Waals surface area contributed by atoms with Gasteiger partial charge < -0.3 is 15.2 Å². The standard InChI is InChI=1S/C12H19NO2/c1-10(2)14-7-8-15-12-6-4-3-5-11(12)9-13/h3-6,10H,7-9,13H2,1-2H3. The van der Waals surface area contributed by atoms with Crippen molar-refractivity contribution in [1.29, 1.82) is 0 Å². The first-order chi connectivity index (χ1) is 7.24. The lowest BCUT2D eigenvalue weighted by molar-refractivity contribution is 0.0551. The zero-order valence-electron chi connectivity index (χ0n) is 9.40. The summed E-state index contributed by atoms with van der Waals surface area (Å²) in [6, 6.07) is 7.80. The molecule has 0 aliphatic carbocycles. The first-order valence-electron chi connectivity index (χ1n) is 5.26. The third kappa shape index (κ3) is 4.32. The molecule has 0 bridgehead atoms. The van der Waals surface area contributed by atoms with Crippen LogP contribution in [0.15, 0.2) is 24.3 Å². The van der Waals surface area contributed by atoms with E-state index in [4.69, 9.17) is 15.2 Å². The van der Waals surface area contributed by atoms with Crippen LogP contribution < -0.4 is 10.5 Å². The molecule has 0 atom stereocenters. The number of benzene rings is 1. The lowest BCUT2D eigenvalue weighted by atomic mass is 10.2. The average Bonchev–Trinajstić information content (AvgIpc) is 2.24. The topological polar surface area (TPSA) is 44.5 Å². The van der Waals surface area contributed by atoms with Gasteiger partial charge in [-0.1, -0.05) is 18.2 Å². The highest BCUT2D eigenvalue weighted by Gasteiger charge is 2.00. The largest absolute Gasteiger partial charge is 0.491 e. The van der Waals surface area contributed by atoms with Gasteiger partial charge >= 0.3 is 0 Å². The Balaban J connectivity index is 2.36. The van der Waals surface area contributed by atoms with Crippen molar-refractivity contribution in [2.75, 3.05) is 13.2 Å². The molecule has 1 aromatic carbocycles. The van der Waals surface area contributed by atoms with Gasteiger partial charge in [-0.3, -0.25) is 0 Å². The molecule has 0 amide bonds. The van der Waals surface area contributed by atoms with Gasteiger partial charge in [-0.05, 0) is 19.9 Å². The molecule has 3 heteroatoms. The Morgan fingerprint density at radius 2 is 1.93 bits per heavy atom. The molecular formula is C12H19NO2. The Morgan fingerprint density at radius 1 is 1.20 bits per heavy atom. The van der Waals surface area contributed by atoms with Crippen LogP contribution in [-0.2, 0) is 11.3 Å². The molecule has 84 valence electrons. The van der Waals surface area contributed by atoms with E-state index in [-0.39, 0.29) is 6.10 Å². The molecule has 0 fully saturated rings. The van der Waals surface area contributed by atoms with Crippen LogP contribution in [0.4, 0.5) is 0 Å². The number of nitrogens with two attached hydrogens (primary N) is 1. The second-order valence-corrected chi connectivity index (χ2v) is 3.58. The van der Waals surface area contributed by atoms with Crippen LogP contribution in [0.5, 0.6) is 5.75 Å². The summed E-state index contributed by atoms with van der Waals surface area (Å²) in [5.74, 6) is 0.854. The minimum atomic E-state index is 0.248. The number of para-hydroxylation sites is 1. The van der Waals surface area contributed by atoms with Gasteiger partial charge in [0, 0.05) is 12.1 Å². The van der Waals surface area contributed by atoms with Gasteiger partial charge in [-0.2, -0.15) is 0 Å². The molecule has 0 unspecified atom stereocenters. The summed E-state index contributed by atoms with van der Waals surface area (Å²) in [4.78, 5) is 0. The van der Waals surface area contributed by atoms with Crippen molar-refractivity contribution in [3.05, 3.63) is 29.8 Å². The fourth-order valence-electron chi connectivity index (χ4n) is 1.25. The highest BCUT2D eigenvalue weighted by atomic mass is 16.5. The van der Waals surface area contributed by atoms with Crippen LogP contribution in [0.2, 0.25) is 0 Å². The van der Waals surface area contributed by atoms with Gasteiger partial charge in [-0.25, -0.2) is 0 Å². The molecule has 15 heavy (non-hydrogen) atoms. The Labute approximate surface area is 91.2 Å². The van der Waals surface area contributed by atoms with Gasteiger partial charge in [0.25, 0.3) is 0 Å². The van der Waals surface area contributed by atoms with E-state index in [9.17, 15) is 0 Å². The van der Waals surface area contributed by atoms with E-state index in [2.05, 4.69) is 0 Å². The maximum Gasteiger partial charge on any atom is 0.123 e. The molecule has 3 nitrogen and oxygen atoms in total. The maximum atomic E-state index is 5.59. The third-order valence-electron chi connectivity index (χ3n) is 1.98. The zero-order valence-corrected chi connectivity index (χ0v) is 9.40. The summed E-state index contributed by atoms with van der Waals surface area (Å²) in [5, 5.41) is 0. The van der Waals surface area contributed by atoms with Crippen molar-refractivity contribution in [2.45, 2.75) is 26.5 Å². The lowest BCUT2D eigenvalue weighted by Gasteiger charge is -2.11. The minimum absolute atomic E-state index is 0.248. The summed E-state index contributed by atoms with van der Waals surface area (Å²) in [6.45, 7) is 5.69. The Hall–Kier alpha value is -1.06. The van der Waals surface area contributed by atoms with E-state index in [0.717, 1.165) is 11.3 Å². The molecule has 0 saturated heterocycles. The smallest absolute Gasteiger partial charge is 0.123 e. The number of hydrogen-bond donors (Lipinski definition) is 1. The molecule has 0 aromatic heterocycles. The molecule has 0 aliphatic heterocycles. The SMILES string of the molecule is CC(C)OCCOc1ccccc1CN. The van der Waals surface area contributed by atoms with Crippen molar-refractivity contribution in [3.8, 4) is 5.75 Å². The Bertz CT molecular complexity index is 287. The van der Waals surface area contributed by atoms with Gasteiger partial charge in [0.1, 0.15) is 12.4 Å². The summed E-state index contributed by atoms with van der Waals surface area (Å²) < 4.78 is 11.0. The monoisotopic (exact) mass is 209 g/mol. The van der Waals surface area contributed by atoms with Crippen molar-refractivity contribution in [2.24, 2.45) is 5.73 Å². The van der Waals surface area contributed by atoms with E-state index >= 15 is 0 Å². The normalized spacial score (nSPS) is 10.7. The molecule has 1 rings (SSSR count). The van der Waals surface area contributed by atoms with Crippen molar-refractivity contribution in [3.63, 3.8) is 0 Å². The van der Waals surface area contributed by atoms with Crippen LogP contribution >= 0.6 is 0 Å². The average molecular weight is 209 g/mol. The predicted octanol–water partition coefficient (Wildman–Crippen LogP) is 1.95. The molecule has 1 aromatic rings. The van der Waals surface area contributed by atoms with E-state index in [1.54, 1.807) is 0 Å². The molecular weight excluding hydrogens is 190 g/mol. The van der Waals surface area contributed by atoms with E-state index in [0.29, 0.717) is 19.8 Å².